The lowest BCUT2D eigenvalue weighted by Crippen LogP contribution is -2.08. The molecule has 0 spiro atoms. The van der Waals surface area contributed by atoms with E-state index in [9.17, 15) is 4.79 Å². The number of pyridine rings is 1. The van der Waals surface area contributed by atoms with Crippen LogP contribution in [-0.4, -0.2) is 29.3 Å². The summed E-state index contributed by atoms with van der Waals surface area (Å²) in [4.78, 5) is 14.7. The third-order valence-corrected chi connectivity index (χ3v) is 2.52. The molecular formula is C15H15NO4. The molecule has 2 rings (SSSR count). The summed E-state index contributed by atoms with van der Waals surface area (Å²) in [5.41, 5.74) is 0.608. The van der Waals surface area contributed by atoms with Crippen LogP contribution < -0.4 is 4.74 Å². The zero-order chi connectivity index (χ0) is 14.2. The molecule has 1 N–H and O–H groups in total. The Labute approximate surface area is 116 Å². The molecule has 0 amide bonds. The minimum Gasteiger partial charge on any atom is -0.491 e. The van der Waals surface area contributed by atoms with Crippen molar-refractivity contribution >= 4 is 5.97 Å². The number of aromatic carboxylic acids is 1. The van der Waals surface area contributed by atoms with E-state index < -0.39 is 5.97 Å². The molecule has 2 aromatic rings. The second-order valence-corrected chi connectivity index (χ2v) is 4.03. The van der Waals surface area contributed by atoms with Gasteiger partial charge in [0.05, 0.1) is 18.9 Å². The summed E-state index contributed by atoms with van der Waals surface area (Å²) in [6, 6.07) is 14.3. The van der Waals surface area contributed by atoms with Gasteiger partial charge >= 0.3 is 5.97 Å². The van der Waals surface area contributed by atoms with Gasteiger partial charge in [0.25, 0.3) is 0 Å². The highest BCUT2D eigenvalue weighted by atomic mass is 16.5. The number of hydrogen-bond donors (Lipinski definition) is 1. The van der Waals surface area contributed by atoms with Gasteiger partial charge in [-0.3, -0.25) is 0 Å². The van der Waals surface area contributed by atoms with Crippen LogP contribution in [0, 0.1) is 0 Å². The Morgan fingerprint density at radius 1 is 1.05 bits per heavy atom. The fourth-order valence-corrected chi connectivity index (χ4v) is 1.59. The highest BCUT2D eigenvalue weighted by molar-refractivity contribution is 5.85. The minimum atomic E-state index is -1.04. The van der Waals surface area contributed by atoms with Gasteiger partial charge in [0.15, 0.2) is 0 Å². The maximum Gasteiger partial charge on any atom is 0.354 e. The maximum atomic E-state index is 10.8. The molecule has 20 heavy (non-hydrogen) atoms. The van der Waals surface area contributed by atoms with E-state index in [0.717, 1.165) is 5.75 Å². The Morgan fingerprint density at radius 3 is 2.60 bits per heavy atom. The van der Waals surface area contributed by atoms with Crippen LogP contribution in [0.4, 0.5) is 0 Å². The van der Waals surface area contributed by atoms with Crippen molar-refractivity contribution in [2.24, 2.45) is 0 Å². The van der Waals surface area contributed by atoms with Gasteiger partial charge in [-0.15, -0.1) is 0 Å². The second kappa shape index (κ2) is 7.25. The van der Waals surface area contributed by atoms with E-state index in [1.54, 1.807) is 12.1 Å². The van der Waals surface area contributed by atoms with Crippen molar-refractivity contribution in [3.05, 3.63) is 59.9 Å². The number of rotatable bonds is 7. The number of carboxylic acids is 1. The van der Waals surface area contributed by atoms with E-state index in [1.165, 1.54) is 6.07 Å². The predicted molar refractivity (Wildman–Crippen MR) is 72.8 cm³/mol. The average Bonchev–Trinajstić information content (AvgIpc) is 2.48. The van der Waals surface area contributed by atoms with Crippen LogP contribution in [0.1, 0.15) is 16.2 Å². The summed E-state index contributed by atoms with van der Waals surface area (Å²) in [6.07, 6.45) is 0. The van der Waals surface area contributed by atoms with Gasteiger partial charge in [-0.05, 0) is 24.3 Å². The lowest BCUT2D eigenvalue weighted by molar-refractivity contribution is 0.0686. The van der Waals surface area contributed by atoms with E-state index in [2.05, 4.69) is 4.98 Å². The van der Waals surface area contributed by atoms with E-state index >= 15 is 0 Å². The molecule has 0 aliphatic carbocycles. The Balaban J connectivity index is 1.71. The average molecular weight is 273 g/mol. The number of nitrogens with zero attached hydrogens (tertiary/aromatic N) is 1. The molecule has 1 aromatic carbocycles. The van der Waals surface area contributed by atoms with Crippen molar-refractivity contribution in [1.82, 2.24) is 4.98 Å². The molecule has 0 aliphatic rings. The monoisotopic (exact) mass is 273 g/mol. The fourth-order valence-electron chi connectivity index (χ4n) is 1.59. The second-order valence-electron chi connectivity index (χ2n) is 4.03. The Kier molecular flexibility index (Phi) is 5.08. The SMILES string of the molecule is O=C(O)c1cccc(COCCOc2ccccc2)n1. The van der Waals surface area contributed by atoms with Crippen molar-refractivity contribution in [2.75, 3.05) is 13.2 Å². The van der Waals surface area contributed by atoms with Crippen molar-refractivity contribution in [3.8, 4) is 5.75 Å². The van der Waals surface area contributed by atoms with Crippen LogP contribution in [-0.2, 0) is 11.3 Å². The summed E-state index contributed by atoms with van der Waals surface area (Å²) in [5.74, 6) is -0.249. The molecule has 5 heteroatoms. The molecule has 0 bridgehead atoms. The number of aromatic nitrogens is 1. The molecule has 104 valence electrons. The number of ether oxygens (including phenoxy) is 2. The number of benzene rings is 1. The van der Waals surface area contributed by atoms with Crippen molar-refractivity contribution in [1.29, 1.82) is 0 Å². The topological polar surface area (TPSA) is 68.7 Å². The molecule has 5 nitrogen and oxygen atoms in total. The summed E-state index contributed by atoms with van der Waals surface area (Å²) in [7, 11) is 0. The Hall–Kier alpha value is -2.40. The summed E-state index contributed by atoms with van der Waals surface area (Å²) in [5, 5.41) is 8.82. The quantitative estimate of drug-likeness (QED) is 0.784. The first-order chi connectivity index (χ1) is 9.75. The van der Waals surface area contributed by atoms with Gasteiger partial charge < -0.3 is 14.6 Å². The molecule has 0 fully saturated rings. The van der Waals surface area contributed by atoms with E-state index in [0.29, 0.717) is 18.9 Å². The summed E-state index contributed by atoms with van der Waals surface area (Å²) in [6.45, 7) is 1.11. The normalized spacial score (nSPS) is 10.2. The minimum absolute atomic E-state index is 0.0200. The Morgan fingerprint density at radius 2 is 1.85 bits per heavy atom. The van der Waals surface area contributed by atoms with Crippen LogP contribution in [0.25, 0.3) is 0 Å². The predicted octanol–water partition coefficient (Wildman–Crippen LogP) is 2.38. The van der Waals surface area contributed by atoms with Gasteiger partial charge in [-0.1, -0.05) is 24.3 Å². The molecular weight excluding hydrogens is 258 g/mol. The number of carbonyl (C=O) groups is 1. The molecule has 1 heterocycles. The van der Waals surface area contributed by atoms with Crippen LogP contribution in [0.2, 0.25) is 0 Å². The van der Waals surface area contributed by atoms with Gasteiger partial charge in [0.1, 0.15) is 18.1 Å². The van der Waals surface area contributed by atoms with E-state index in [1.807, 2.05) is 30.3 Å². The third kappa shape index (κ3) is 4.37. The lowest BCUT2D eigenvalue weighted by atomic mass is 10.3. The summed E-state index contributed by atoms with van der Waals surface area (Å²) >= 11 is 0. The number of para-hydroxylation sites is 1. The first kappa shape index (κ1) is 14.0. The molecule has 0 atom stereocenters. The molecule has 0 unspecified atom stereocenters. The third-order valence-electron chi connectivity index (χ3n) is 2.52. The largest absolute Gasteiger partial charge is 0.491 e. The summed E-state index contributed by atoms with van der Waals surface area (Å²) < 4.78 is 10.9. The van der Waals surface area contributed by atoms with Crippen LogP contribution in [0.3, 0.4) is 0 Å². The molecule has 0 saturated heterocycles. The van der Waals surface area contributed by atoms with Crippen LogP contribution in [0.15, 0.2) is 48.5 Å². The molecule has 1 aromatic heterocycles. The fraction of sp³-hybridized carbons (Fsp3) is 0.200. The standard InChI is InChI=1S/C15H15NO4/c17-15(18)14-8-4-5-12(16-14)11-19-9-10-20-13-6-2-1-3-7-13/h1-8H,9-11H2,(H,17,18). The van der Waals surface area contributed by atoms with E-state index in [-0.39, 0.29) is 12.3 Å². The maximum absolute atomic E-state index is 10.8. The highest BCUT2D eigenvalue weighted by Gasteiger charge is 2.04. The molecule has 0 radical (unpaired) electrons. The Bertz CT molecular complexity index is 557. The number of carboxylic acid groups (broad SMARTS) is 1. The molecule has 0 aliphatic heterocycles. The van der Waals surface area contributed by atoms with Crippen molar-refractivity contribution in [3.63, 3.8) is 0 Å². The first-order valence-corrected chi connectivity index (χ1v) is 6.20. The lowest BCUT2D eigenvalue weighted by Gasteiger charge is -2.07. The van der Waals surface area contributed by atoms with Gasteiger partial charge in [0, 0.05) is 0 Å². The smallest absolute Gasteiger partial charge is 0.354 e. The highest BCUT2D eigenvalue weighted by Crippen LogP contribution is 2.08. The van der Waals surface area contributed by atoms with Gasteiger partial charge in [0.2, 0.25) is 0 Å². The van der Waals surface area contributed by atoms with Gasteiger partial charge in [-0.2, -0.15) is 0 Å². The van der Waals surface area contributed by atoms with Crippen molar-refractivity contribution < 1.29 is 19.4 Å². The first-order valence-electron chi connectivity index (χ1n) is 6.20. The number of hydrogen-bond acceptors (Lipinski definition) is 4. The van der Waals surface area contributed by atoms with Crippen molar-refractivity contribution in [2.45, 2.75) is 6.61 Å². The zero-order valence-corrected chi connectivity index (χ0v) is 10.9. The van der Waals surface area contributed by atoms with E-state index in [4.69, 9.17) is 14.6 Å². The molecule has 0 saturated carbocycles. The zero-order valence-electron chi connectivity index (χ0n) is 10.9. The van der Waals surface area contributed by atoms with Gasteiger partial charge in [-0.25, -0.2) is 9.78 Å². The van der Waals surface area contributed by atoms with Crippen LogP contribution >= 0.6 is 0 Å². The van der Waals surface area contributed by atoms with Crippen LogP contribution in [0.5, 0.6) is 5.75 Å².